The van der Waals surface area contributed by atoms with Crippen LogP contribution < -0.4 is 11.1 Å². The molecule has 0 radical (unpaired) electrons. The van der Waals surface area contributed by atoms with Crippen LogP contribution in [0, 0.1) is 6.92 Å². The molecular formula is C11H14N4O2. The number of hydrogen-bond donors (Lipinski definition) is 2. The Morgan fingerprint density at radius 1 is 1.47 bits per heavy atom. The van der Waals surface area contributed by atoms with Crippen LogP contribution in [0.5, 0.6) is 0 Å². The van der Waals surface area contributed by atoms with Crippen molar-refractivity contribution in [2.24, 2.45) is 0 Å². The number of imide groups is 1. The summed E-state index contributed by atoms with van der Waals surface area (Å²) in [6.07, 6.45) is 0.143. The molecule has 2 heterocycles. The van der Waals surface area contributed by atoms with Crippen LogP contribution in [0.3, 0.4) is 0 Å². The number of anilines is 2. The fraction of sp³-hybridized carbons (Fsp3) is 0.364. The molecule has 1 atom stereocenters. The molecule has 0 bridgehead atoms. The summed E-state index contributed by atoms with van der Waals surface area (Å²) in [6, 6.07) is 2.94. The molecule has 1 saturated heterocycles. The third-order valence-electron chi connectivity index (χ3n) is 2.76. The van der Waals surface area contributed by atoms with Crippen molar-refractivity contribution in [3.63, 3.8) is 0 Å². The molecule has 1 fully saturated rings. The fourth-order valence-electron chi connectivity index (χ4n) is 1.72. The molecule has 0 saturated carbocycles. The maximum Gasteiger partial charge on any atom is 0.251 e. The average molecular weight is 234 g/mol. The van der Waals surface area contributed by atoms with Crippen LogP contribution in [-0.2, 0) is 9.59 Å². The fourth-order valence-corrected chi connectivity index (χ4v) is 1.72. The quantitative estimate of drug-likeness (QED) is 0.711. The number of carbonyl (C=O) groups excluding carboxylic acids is 2. The number of likely N-dealkylation sites (tertiary alicyclic amines) is 1. The number of hydrogen-bond acceptors (Lipinski definition) is 5. The molecule has 1 aliphatic heterocycles. The molecule has 1 aromatic heterocycles. The second-order valence-electron chi connectivity index (χ2n) is 4.08. The Bertz CT molecular complexity index is 486. The minimum absolute atomic E-state index is 0.143. The molecule has 0 aromatic carbocycles. The molecule has 2 rings (SSSR count). The van der Waals surface area contributed by atoms with Gasteiger partial charge in [-0.15, -0.1) is 0 Å². The van der Waals surface area contributed by atoms with Gasteiger partial charge in [0.15, 0.2) is 0 Å². The van der Waals surface area contributed by atoms with Crippen molar-refractivity contribution >= 4 is 23.3 Å². The van der Waals surface area contributed by atoms with Crippen LogP contribution in [0.1, 0.15) is 12.1 Å². The molecule has 1 aromatic rings. The number of carbonyl (C=O) groups is 2. The Kier molecular flexibility index (Phi) is 2.71. The summed E-state index contributed by atoms with van der Waals surface area (Å²) in [6.45, 7) is 1.83. The number of amides is 2. The van der Waals surface area contributed by atoms with E-state index in [1.54, 1.807) is 12.1 Å². The summed E-state index contributed by atoms with van der Waals surface area (Å²) < 4.78 is 0. The average Bonchev–Trinajstić information content (AvgIpc) is 2.52. The van der Waals surface area contributed by atoms with Crippen LogP contribution in [0.25, 0.3) is 0 Å². The maximum absolute atomic E-state index is 11.7. The van der Waals surface area contributed by atoms with Gasteiger partial charge in [-0.05, 0) is 19.1 Å². The smallest absolute Gasteiger partial charge is 0.251 e. The highest BCUT2D eigenvalue weighted by atomic mass is 16.2. The van der Waals surface area contributed by atoms with Gasteiger partial charge in [0.1, 0.15) is 11.9 Å². The van der Waals surface area contributed by atoms with E-state index >= 15 is 0 Å². The van der Waals surface area contributed by atoms with Crippen molar-refractivity contribution in [3.05, 3.63) is 17.8 Å². The van der Waals surface area contributed by atoms with Gasteiger partial charge < -0.3 is 11.1 Å². The first-order valence-electron chi connectivity index (χ1n) is 5.29. The van der Waals surface area contributed by atoms with E-state index in [2.05, 4.69) is 10.3 Å². The summed E-state index contributed by atoms with van der Waals surface area (Å²) in [5.41, 5.74) is 7.01. The molecule has 0 spiro atoms. The van der Waals surface area contributed by atoms with E-state index in [9.17, 15) is 9.59 Å². The number of nitrogen functional groups attached to an aromatic ring is 1. The second-order valence-corrected chi connectivity index (χ2v) is 4.08. The first-order valence-corrected chi connectivity index (χ1v) is 5.29. The zero-order valence-corrected chi connectivity index (χ0v) is 9.73. The maximum atomic E-state index is 11.7. The highest BCUT2D eigenvalue weighted by Crippen LogP contribution is 2.20. The molecule has 17 heavy (non-hydrogen) atoms. The summed E-state index contributed by atoms with van der Waals surface area (Å²) >= 11 is 0. The van der Waals surface area contributed by atoms with Crippen molar-refractivity contribution in [2.45, 2.75) is 19.4 Å². The van der Waals surface area contributed by atoms with Crippen molar-refractivity contribution in [1.29, 1.82) is 0 Å². The SMILES string of the molecule is Cc1ccc(N)c(NC2CC(=O)N(C)C2=O)n1. The van der Waals surface area contributed by atoms with Crippen molar-refractivity contribution < 1.29 is 9.59 Å². The number of nitrogens with two attached hydrogens (primary N) is 1. The normalized spacial score (nSPS) is 19.9. The van der Waals surface area contributed by atoms with E-state index in [1.807, 2.05) is 6.92 Å². The summed E-state index contributed by atoms with van der Waals surface area (Å²) in [7, 11) is 1.47. The minimum Gasteiger partial charge on any atom is -0.396 e. The second kappa shape index (κ2) is 4.04. The lowest BCUT2D eigenvalue weighted by atomic mass is 10.2. The number of likely N-dealkylation sites (N-methyl/N-ethyl adjacent to an activating group) is 1. The van der Waals surface area contributed by atoms with Gasteiger partial charge in [0, 0.05) is 12.7 Å². The molecule has 6 nitrogen and oxygen atoms in total. The van der Waals surface area contributed by atoms with Crippen LogP contribution in [-0.4, -0.2) is 34.8 Å². The molecule has 2 amide bonds. The third kappa shape index (κ3) is 2.06. The van der Waals surface area contributed by atoms with Gasteiger partial charge in [0.25, 0.3) is 5.91 Å². The molecular weight excluding hydrogens is 220 g/mol. The summed E-state index contributed by atoms with van der Waals surface area (Å²) in [5.74, 6) is 0.00267. The Hall–Kier alpha value is -2.11. The topological polar surface area (TPSA) is 88.3 Å². The number of nitrogens with one attached hydrogen (secondary N) is 1. The van der Waals surface area contributed by atoms with Gasteiger partial charge in [0.2, 0.25) is 5.91 Å². The van der Waals surface area contributed by atoms with Gasteiger partial charge in [-0.3, -0.25) is 14.5 Å². The van der Waals surface area contributed by atoms with Crippen LogP contribution >= 0.6 is 0 Å². The summed E-state index contributed by atoms with van der Waals surface area (Å²) in [5, 5.41) is 2.91. The molecule has 1 aliphatic rings. The van der Waals surface area contributed by atoms with Crippen molar-refractivity contribution in [2.75, 3.05) is 18.1 Å². The van der Waals surface area contributed by atoms with Gasteiger partial charge in [-0.2, -0.15) is 0 Å². The van der Waals surface area contributed by atoms with Gasteiger partial charge in [-0.25, -0.2) is 4.98 Å². The lowest BCUT2D eigenvalue weighted by Gasteiger charge is -2.13. The predicted molar refractivity (Wildman–Crippen MR) is 63.2 cm³/mol. The van der Waals surface area contributed by atoms with E-state index in [-0.39, 0.29) is 18.2 Å². The first-order chi connectivity index (χ1) is 7.99. The highest BCUT2D eigenvalue weighted by molar-refractivity contribution is 6.06. The zero-order valence-electron chi connectivity index (χ0n) is 9.73. The number of pyridine rings is 1. The molecule has 3 N–H and O–H groups in total. The molecule has 0 aliphatic carbocycles. The monoisotopic (exact) mass is 234 g/mol. The Balaban J connectivity index is 2.19. The minimum atomic E-state index is -0.566. The molecule has 6 heteroatoms. The largest absolute Gasteiger partial charge is 0.396 e. The van der Waals surface area contributed by atoms with E-state index < -0.39 is 6.04 Å². The molecule has 1 unspecified atom stereocenters. The van der Waals surface area contributed by atoms with E-state index in [0.717, 1.165) is 10.6 Å². The Labute approximate surface area is 98.8 Å². The number of aryl methyl sites for hydroxylation is 1. The van der Waals surface area contributed by atoms with Crippen LogP contribution in [0.15, 0.2) is 12.1 Å². The number of rotatable bonds is 2. The van der Waals surface area contributed by atoms with Crippen molar-refractivity contribution in [1.82, 2.24) is 9.88 Å². The van der Waals surface area contributed by atoms with Crippen molar-refractivity contribution in [3.8, 4) is 0 Å². The molecule has 90 valence electrons. The zero-order chi connectivity index (χ0) is 12.6. The number of nitrogens with zero attached hydrogens (tertiary/aromatic N) is 2. The van der Waals surface area contributed by atoms with E-state index in [4.69, 9.17) is 5.73 Å². The summed E-state index contributed by atoms with van der Waals surface area (Å²) in [4.78, 5) is 28.4. The lowest BCUT2D eigenvalue weighted by Crippen LogP contribution is -2.32. The standard InChI is InChI=1S/C11H14N4O2/c1-6-3-4-7(12)10(13-6)14-8-5-9(16)15(2)11(8)17/h3-4,8H,5,12H2,1-2H3,(H,13,14). The van der Waals surface area contributed by atoms with Gasteiger partial charge in [-0.1, -0.05) is 0 Å². The van der Waals surface area contributed by atoms with Crippen LogP contribution in [0.2, 0.25) is 0 Å². The van der Waals surface area contributed by atoms with Crippen LogP contribution in [0.4, 0.5) is 11.5 Å². The van der Waals surface area contributed by atoms with Gasteiger partial charge >= 0.3 is 0 Å². The first kappa shape index (κ1) is 11.4. The van der Waals surface area contributed by atoms with E-state index in [1.165, 1.54) is 7.05 Å². The van der Waals surface area contributed by atoms with E-state index in [0.29, 0.717) is 11.5 Å². The third-order valence-corrected chi connectivity index (χ3v) is 2.76. The lowest BCUT2D eigenvalue weighted by molar-refractivity contribution is -0.136. The highest BCUT2D eigenvalue weighted by Gasteiger charge is 2.36. The Morgan fingerprint density at radius 3 is 2.76 bits per heavy atom. The Morgan fingerprint density at radius 2 is 2.18 bits per heavy atom. The van der Waals surface area contributed by atoms with Gasteiger partial charge in [0.05, 0.1) is 12.1 Å². The number of aromatic nitrogens is 1. The predicted octanol–water partition coefficient (Wildman–Crippen LogP) is 0.141.